The largest absolute Gasteiger partial charge is 0.493 e. The number of nitrogens with zero attached hydrogens (tertiary/aromatic N) is 2. The van der Waals surface area contributed by atoms with Gasteiger partial charge in [-0.25, -0.2) is 8.42 Å². The molecule has 1 aliphatic rings. The van der Waals surface area contributed by atoms with Crippen molar-refractivity contribution in [1.82, 2.24) is 9.29 Å². The summed E-state index contributed by atoms with van der Waals surface area (Å²) < 4.78 is 31.6. The number of hydrogen-bond donors (Lipinski definition) is 0. The summed E-state index contributed by atoms with van der Waals surface area (Å²) in [5, 5.41) is 0. The highest BCUT2D eigenvalue weighted by Gasteiger charge is 2.29. The fraction of sp³-hybridized carbons (Fsp3) is 0.353. The fourth-order valence-corrected chi connectivity index (χ4v) is 4.14. The molecule has 1 aromatic heterocycles. The van der Waals surface area contributed by atoms with E-state index in [0.717, 1.165) is 28.9 Å². The topological polar surface area (TPSA) is 59.5 Å². The van der Waals surface area contributed by atoms with E-state index in [1.54, 1.807) is 12.4 Å². The minimum Gasteiger partial charge on any atom is -0.493 e. The number of aromatic nitrogens is 1. The maximum Gasteiger partial charge on any atom is 0.212 e. The van der Waals surface area contributed by atoms with Gasteiger partial charge in [-0.1, -0.05) is 25.1 Å². The average molecular weight is 332 g/mol. The quantitative estimate of drug-likeness (QED) is 0.843. The molecule has 0 saturated carbocycles. The van der Waals surface area contributed by atoms with Gasteiger partial charge in [0.2, 0.25) is 10.0 Å². The zero-order valence-corrected chi connectivity index (χ0v) is 14.1. The van der Waals surface area contributed by atoms with Crippen LogP contribution in [-0.4, -0.2) is 37.1 Å². The van der Waals surface area contributed by atoms with E-state index in [9.17, 15) is 8.42 Å². The lowest BCUT2D eigenvalue weighted by atomic mass is 9.97. The SMILES string of the molecule is CCN([C@@H](c1cccnc1)c1ccc2c(c1)CCO2)S(C)(=O)=O. The Bertz CT molecular complexity index is 791. The number of hydrogen-bond acceptors (Lipinski definition) is 4. The maximum absolute atomic E-state index is 12.3. The minimum atomic E-state index is -3.35. The van der Waals surface area contributed by atoms with Gasteiger partial charge in [-0.3, -0.25) is 4.98 Å². The summed E-state index contributed by atoms with van der Waals surface area (Å²) in [6.07, 6.45) is 5.51. The number of rotatable bonds is 5. The summed E-state index contributed by atoms with van der Waals surface area (Å²) in [6, 6.07) is 9.28. The molecule has 23 heavy (non-hydrogen) atoms. The van der Waals surface area contributed by atoms with E-state index in [1.807, 2.05) is 37.3 Å². The fourth-order valence-electron chi connectivity index (χ4n) is 3.05. The molecule has 3 rings (SSSR count). The Labute approximate surface area is 137 Å². The van der Waals surface area contributed by atoms with Crippen LogP contribution in [-0.2, 0) is 16.4 Å². The monoisotopic (exact) mass is 332 g/mol. The van der Waals surface area contributed by atoms with Crippen molar-refractivity contribution in [3.05, 3.63) is 59.4 Å². The van der Waals surface area contributed by atoms with Gasteiger partial charge in [0.15, 0.2) is 0 Å². The van der Waals surface area contributed by atoms with Gasteiger partial charge in [-0.2, -0.15) is 4.31 Å². The Balaban J connectivity index is 2.12. The lowest BCUT2D eigenvalue weighted by molar-refractivity contribution is 0.356. The van der Waals surface area contributed by atoms with Crippen molar-refractivity contribution in [3.63, 3.8) is 0 Å². The molecule has 0 N–H and O–H groups in total. The van der Waals surface area contributed by atoms with Gasteiger partial charge < -0.3 is 4.74 Å². The van der Waals surface area contributed by atoms with E-state index in [-0.39, 0.29) is 6.04 Å². The van der Waals surface area contributed by atoms with Crippen LogP contribution >= 0.6 is 0 Å². The lowest BCUT2D eigenvalue weighted by Crippen LogP contribution is -2.34. The number of benzene rings is 1. The molecule has 1 atom stereocenters. The van der Waals surface area contributed by atoms with Crippen molar-refractivity contribution in [2.24, 2.45) is 0 Å². The summed E-state index contributed by atoms with van der Waals surface area (Å²) in [5.74, 6) is 0.890. The van der Waals surface area contributed by atoms with Crippen molar-refractivity contribution < 1.29 is 13.2 Å². The summed E-state index contributed by atoms with van der Waals surface area (Å²) >= 11 is 0. The predicted molar refractivity (Wildman–Crippen MR) is 88.9 cm³/mol. The average Bonchev–Trinajstić information content (AvgIpc) is 2.99. The van der Waals surface area contributed by atoms with E-state index < -0.39 is 10.0 Å². The third-order valence-electron chi connectivity index (χ3n) is 4.06. The molecule has 0 aliphatic carbocycles. The molecular weight excluding hydrogens is 312 g/mol. The Hall–Kier alpha value is -1.92. The predicted octanol–water partition coefficient (Wildman–Crippen LogP) is 2.39. The van der Waals surface area contributed by atoms with Crippen LogP contribution in [0.25, 0.3) is 0 Å². The van der Waals surface area contributed by atoms with E-state index in [1.165, 1.54) is 10.6 Å². The molecule has 0 amide bonds. The summed E-state index contributed by atoms with van der Waals surface area (Å²) in [6.45, 7) is 2.92. The van der Waals surface area contributed by atoms with Crippen molar-refractivity contribution in [2.75, 3.05) is 19.4 Å². The Morgan fingerprint density at radius 3 is 2.78 bits per heavy atom. The smallest absolute Gasteiger partial charge is 0.212 e. The van der Waals surface area contributed by atoms with Gasteiger partial charge in [-0.05, 0) is 28.8 Å². The van der Waals surface area contributed by atoms with Crippen LogP contribution in [0.3, 0.4) is 0 Å². The zero-order valence-electron chi connectivity index (χ0n) is 13.3. The highest BCUT2D eigenvalue weighted by Crippen LogP contribution is 2.34. The lowest BCUT2D eigenvalue weighted by Gasteiger charge is -2.29. The van der Waals surface area contributed by atoms with E-state index in [2.05, 4.69) is 4.98 Å². The molecule has 0 bridgehead atoms. The van der Waals surface area contributed by atoms with Crippen molar-refractivity contribution in [3.8, 4) is 5.75 Å². The molecule has 0 fully saturated rings. The molecule has 0 saturated heterocycles. The van der Waals surface area contributed by atoms with Crippen LogP contribution in [0.5, 0.6) is 5.75 Å². The van der Waals surface area contributed by atoms with E-state index in [4.69, 9.17) is 4.74 Å². The molecule has 0 unspecified atom stereocenters. The number of ether oxygens (including phenoxy) is 1. The Morgan fingerprint density at radius 2 is 2.13 bits per heavy atom. The van der Waals surface area contributed by atoms with Crippen LogP contribution in [0.4, 0.5) is 0 Å². The number of sulfonamides is 1. The van der Waals surface area contributed by atoms with E-state index >= 15 is 0 Å². The molecule has 6 heteroatoms. The first-order valence-corrected chi connectivity index (χ1v) is 9.48. The van der Waals surface area contributed by atoms with Crippen LogP contribution in [0.15, 0.2) is 42.7 Å². The molecule has 122 valence electrons. The first-order valence-electron chi connectivity index (χ1n) is 7.63. The molecule has 5 nitrogen and oxygen atoms in total. The molecule has 1 aromatic carbocycles. The first kappa shape index (κ1) is 16.0. The van der Waals surface area contributed by atoms with Gasteiger partial charge in [0.1, 0.15) is 5.75 Å². The summed E-state index contributed by atoms with van der Waals surface area (Å²) in [4.78, 5) is 4.16. The second kappa shape index (κ2) is 6.29. The molecule has 1 aliphatic heterocycles. The summed E-state index contributed by atoms with van der Waals surface area (Å²) in [7, 11) is -3.35. The van der Waals surface area contributed by atoms with Crippen molar-refractivity contribution in [1.29, 1.82) is 0 Å². The van der Waals surface area contributed by atoms with Gasteiger partial charge >= 0.3 is 0 Å². The molecular formula is C17H20N2O3S. The highest BCUT2D eigenvalue weighted by molar-refractivity contribution is 7.88. The maximum atomic E-state index is 12.3. The van der Waals surface area contributed by atoms with Crippen molar-refractivity contribution >= 4 is 10.0 Å². The normalized spacial score (nSPS) is 15.3. The molecule has 0 spiro atoms. The molecule has 2 aromatic rings. The van der Waals surface area contributed by atoms with Crippen LogP contribution in [0.1, 0.15) is 29.7 Å². The molecule has 2 heterocycles. The van der Waals surface area contributed by atoms with Crippen molar-refractivity contribution in [2.45, 2.75) is 19.4 Å². The highest BCUT2D eigenvalue weighted by atomic mass is 32.2. The number of fused-ring (bicyclic) bond motifs is 1. The molecule has 0 radical (unpaired) electrons. The second-order valence-corrected chi connectivity index (χ2v) is 7.56. The van der Waals surface area contributed by atoms with Gasteiger partial charge in [-0.15, -0.1) is 0 Å². The first-order chi connectivity index (χ1) is 11.0. The minimum absolute atomic E-state index is 0.380. The zero-order chi connectivity index (χ0) is 16.4. The van der Waals surface area contributed by atoms with Crippen LogP contribution in [0.2, 0.25) is 0 Å². The summed E-state index contributed by atoms with van der Waals surface area (Å²) in [5.41, 5.74) is 2.93. The number of pyridine rings is 1. The standard InChI is InChI=1S/C17H20N2O3S/c1-3-19(23(2,20)21)17(15-5-4-9-18-12-15)14-6-7-16-13(11-14)8-10-22-16/h4-7,9,11-12,17H,3,8,10H2,1-2H3/t17-/m1/s1. The van der Waals surface area contributed by atoms with Gasteiger partial charge in [0, 0.05) is 25.4 Å². The van der Waals surface area contributed by atoms with Gasteiger partial charge in [0.25, 0.3) is 0 Å². The Morgan fingerprint density at radius 1 is 1.30 bits per heavy atom. The third-order valence-corrected chi connectivity index (χ3v) is 5.38. The second-order valence-electron chi connectivity index (χ2n) is 5.62. The van der Waals surface area contributed by atoms with Crippen LogP contribution in [0, 0.1) is 0 Å². The third kappa shape index (κ3) is 3.23. The van der Waals surface area contributed by atoms with E-state index in [0.29, 0.717) is 13.2 Å². The Kier molecular flexibility index (Phi) is 4.37. The van der Waals surface area contributed by atoms with Gasteiger partial charge in [0.05, 0.1) is 18.9 Å². The van der Waals surface area contributed by atoms with Crippen LogP contribution < -0.4 is 4.74 Å².